The third-order valence-corrected chi connectivity index (χ3v) is 3.26. The van der Waals surface area contributed by atoms with Crippen LogP contribution < -0.4 is 16.0 Å². The summed E-state index contributed by atoms with van der Waals surface area (Å²) in [5.74, 6) is -2.84. The fourth-order valence-electron chi connectivity index (χ4n) is 1.66. The highest BCUT2D eigenvalue weighted by Gasteiger charge is 2.20. The van der Waals surface area contributed by atoms with E-state index in [1.807, 2.05) is 20.8 Å². The van der Waals surface area contributed by atoms with Crippen LogP contribution in [0.5, 0.6) is 0 Å². The molecule has 1 aromatic rings. The van der Waals surface area contributed by atoms with Gasteiger partial charge in [0.2, 0.25) is 5.91 Å². The molecule has 0 fully saturated rings. The Bertz CT molecular complexity index is 562. The molecule has 23 heavy (non-hydrogen) atoms. The lowest BCUT2D eigenvalue weighted by molar-refractivity contribution is -0.123. The SMILES string of the molecule is CC(NC(=O)Nc1cccc(SC(F)F)c1)C(=O)NC(C)(C)C. The number of hydrogen-bond acceptors (Lipinski definition) is 3. The molecule has 0 aliphatic rings. The molecule has 8 heteroatoms. The van der Waals surface area contributed by atoms with Crippen LogP contribution in [-0.2, 0) is 4.79 Å². The molecule has 5 nitrogen and oxygen atoms in total. The number of anilines is 1. The van der Waals surface area contributed by atoms with Gasteiger partial charge in [0, 0.05) is 16.1 Å². The van der Waals surface area contributed by atoms with E-state index in [0.717, 1.165) is 0 Å². The molecule has 1 rings (SSSR count). The van der Waals surface area contributed by atoms with Gasteiger partial charge in [0.15, 0.2) is 0 Å². The van der Waals surface area contributed by atoms with Gasteiger partial charge in [0.25, 0.3) is 5.76 Å². The van der Waals surface area contributed by atoms with Crippen LogP contribution in [0.3, 0.4) is 0 Å². The van der Waals surface area contributed by atoms with Gasteiger partial charge in [-0.1, -0.05) is 17.8 Å². The predicted molar refractivity (Wildman–Crippen MR) is 87.8 cm³/mol. The molecule has 3 N–H and O–H groups in total. The molecule has 1 atom stereocenters. The summed E-state index contributed by atoms with van der Waals surface area (Å²) in [6.45, 7) is 7.07. The van der Waals surface area contributed by atoms with Crippen LogP contribution in [0.4, 0.5) is 19.3 Å². The zero-order chi connectivity index (χ0) is 17.6. The van der Waals surface area contributed by atoms with Crippen LogP contribution >= 0.6 is 11.8 Å². The number of benzene rings is 1. The molecular weight excluding hydrogens is 324 g/mol. The number of carbonyl (C=O) groups is 2. The summed E-state index contributed by atoms with van der Waals surface area (Å²) < 4.78 is 24.7. The number of thioether (sulfide) groups is 1. The summed E-state index contributed by atoms with van der Waals surface area (Å²) in [4.78, 5) is 24.1. The monoisotopic (exact) mass is 345 g/mol. The van der Waals surface area contributed by atoms with Crippen molar-refractivity contribution in [3.8, 4) is 0 Å². The molecule has 1 unspecified atom stereocenters. The number of hydrogen-bond donors (Lipinski definition) is 3. The van der Waals surface area contributed by atoms with Gasteiger partial charge >= 0.3 is 6.03 Å². The Balaban J connectivity index is 2.58. The Morgan fingerprint density at radius 2 is 1.87 bits per heavy atom. The second-order valence-electron chi connectivity index (χ2n) is 5.97. The average molecular weight is 345 g/mol. The standard InChI is InChI=1S/C15H21F2N3O2S/c1-9(12(21)20-15(2,3)4)18-14(22)19-10-6-5-7-11(8-10)23-13(16)17/h5-9,13H,1-4H3,(H,20,21)(H2,18,19,22). The van der Waals surface area contributed by atoms with Crippen molar-refractivity contribution in [3.05, 3.63) is 24.3 Å². The molecule has 0 radical (unpaired) electrons. The molecule has 0 aliphatic carbocycles. The van der Waals surface area contributed by atoms with E-state index in [0.29, 0.717) is 22.3 Å². The highest BCUT2D eigenvalue weighted by molar-refractivity contribution is 7.99. The maximum atomic E-state index is 12.3. The Kier molecular flexibility index (Phi) is 6.80. The highest BCUT2D eigenvalue weighted by Crippen LogP contribution is 2.27. The third-order valence-electron chi connectivity index (χ3n) is 2.56. The van der Waals surface area contributed by atoms with Crippen molar-refractivity contribution in [3.63, 3.8) is 0 Å². The summed E-state index contributed by atoms with van der Waals surface area (Å²) in [6.07, 6.45) is 0. The largest absolute Gasteiger partial charge is 0.350 e. The van der Waals surface area contributed by atoms with Gasteiger partial charge in [0.05, 0.1) is 0 Å². The number of halogens is 2. The van der Waals surface area contributed by atoms with E-state index in [-0.39, 0.29) is 5.91 Å². The fourth-order valence-corrected chi connectivity index (χ4v) is 2.22. The van der Waals surface area contributed by atoms with Crippen molar-refractivity contribution >= 4 is 29.4 Å². The quantitative estimate of drug-likeness (QED) is 0.716. The van der Waals surface area contributed by atoms with E-state index < -0.39 is 23.4 Å². The van der Waals surface area contributed by atoms with E-state index >= 15 is 0 Å². The first kappa shape index (κ1) is 19.2. The Hall–Kier alpha value is -1.83. The minimum absolute atomic E-state index is 0.311. The van der Waals surface area contributed by atoms with Gasteiger partial charge in [-0.3, -0.25) is 4.79 Å². The van der Waals surface area contributed by atoms with Crippen molar-refractivity contribution in [2.24, 2.45) is 0 Å². The Labute approximate surface area is 138 Å². The second-order valence-corrected chi connectivity index (χ2v) is 7.03. The maximum absolute atomic E-state index is 12.3. The zero-order valence-electron chi connectivity index (χ0n) is 13.4. The van der Waals surface area contributed by atoms with Gasteiger partial charge in [-0.25, -0.2) is 4.79 Å². The smallest absolute Gasteiger partial charge is 0.319 e. The molecule has 0 saturated heterocycles. The van der Waals surface area contributed by atoms with Crippen molar-refractivity contribution in [1.82, 2.24) is 10.6 Å². The first-order valence-corrected chi connectivity index (χ1v) is 7.89. The van der Waals surface area contributed by atoms with Gasteiger partial charge in [-0.15, -0.1) is 0 Å². The number of amides is 3. The molecule has 1 aromatic carbocycles. The van der Waals surface area contributed by atoms with Crippen LogP contribution in [0.1, 0.15) is 27.7 Å². The molecule has 0 bridgehead atoms. The lowest BCUT2D eigenvalue weighted by atomic mass is 10.1. The number of nitrogens with one attached hydrogen (secondary N) is 3. The van der Waals surface area contributed by atoms with Crippen LogP contribution in [0.15, 0.2) is 29.2 Å². The predicted octanol–water partition coefficient (Wildman–Crippen LogP) is 3.43. The van der Waals surface area contributed by atoms with Gasteiger partial charge < -0.3 is 16.0 Å². The topological polar surface area (TPSA) is 70.2 Å². The van der Waals surface area contributed by atoms with Crippen LogP contribution in [0.25, 0.3) is 0 Å². The molecule has 0 heterocycles. The second kappa shape index (κ2) is 8.14. The molecule has 0 aromatic heterocycles. The van der Waals surface area contributed by atoms with E-state index in [1.54, 1.807) is 19.1 Å². The minimum atomic E-state index is -2.53. The first-order valence-electron chi connectivity index (χ1n) is 7.01. The summed E-state index contributed by atoms with van der Waals surface area (Å²) >= 11 is 0.396. The Morgan fingerprint density at radius 3 is 2.43 bits per heavy atom. The van der Waals surface area contributed by atoms with Crippen molar-refractivity contribution in [2.45, 2.75) is 49.9 Å². The van der Waals surface area contributed by atoms with Gasteiger partial charge in [-0.2, -0.15) is 8.78 Å². The fraction of sp³-hybridized carbons (Fsp3) is 0.467. The van der Waals surface area contributed by atoms with Crippen molar-refractivity contribution in [1.29, 1.82) is 0 Å². The van der Waals surface area contributed by atoms with Crippen molar-refractivity contribution < 1.29 is 18.4 Å². The highest BCUT2D eigenvalue weighted by atomic mass is 32.2. The molecule has 128 valence electrons. The normalized spacial score (nSPS) is 12.7. The first-order chi connectivity index (χ1) is 10.6. The lowest BCUT2D eigenvalue weighted by Crippen LogP contribution is -2.51. The van der Waals surface area contributed by atoms with Crippen LogP contribution in [0.2, 0.25) is 0 Å². The van der Waals surface area contributed by atoms with Crippen LogP contribution in [-0.4, -0.2) is 29.3 Å². The summed E-state index contributed by atoms with van der Waals surface area (Å²) in [5, 5.41) is 7.76. The van der Waals surface area contributed by atoms with E-state index in [1.165, 1.54) is 12.1 Å². The average Bonchev–Trinajstić information content (AvgIpc) is 2.35. The molecule has 0 spiro atoms. The number of alkyl halides is 2. The van der Waals surface area contributed by atoms with E-state index in [4.69, 9.17) is 0 Å². The van der Waals surface area contributed by atoms with Gasteiger partial charge in [-0.05, 0) is 45.9 Å². The number of rotatable bonds is 5. The minimum Gasteiger partial charge on any atom is -0.350 e. The molecule has 3 amide bonds. The molecule has 0 saturated carbocycles. The summed E-state index contributed by atoms with van der Waals surface area (Å²) in [6, 6.07) is 4.80. The van der Waals surface area contributed by atoms with E-state index in [2.05, 4.69) is 16.0 Å². The third kappa shape index (κ3) is 7.83. The number of urea groups is 1. The number of carbonyl (C=O) groups excluding carboxylic acids is 2. The van der Waals surface area contributed by atoms with Crippen molar-refractivity contribution in [2.75, 3.05) is 5.32 Å². The maximum Gasteiger partial charge on any atom is 0.319 e. The Morgan fingerprint density at radius 1 is 1.22 bits per heavy atom. The summed E-state index contributed by atoms with van der Waals surface area (Å²) in [7, 11) is 0. The molecular formula is C15H21F2N3O2S. The molecule has 0 aliphatic heterocycles. The van der Waals surface area contributed by atoms with Crippen LogP contribution in [0, 0.1) is 0 Å². The van der Waals surface area contributed by atoms with E-state index in [9.17, 15) is 18.4 Å². The lowest BCUT2D eigenvalue weighted by Gasteiger charge is -2.23. The summed E-state index contributed by atoms with van der Waals surface area (Å²) in [5.41, 5.74) is -0.0267. The zero-order valence-corrected chi connectivity index (χ0v) is 14.3. The van der Waals surface area contributed by atoms with Gasteiger partial charge in [0.1, 0.15) is 6.04 Å².